The molecule has 6 heteroatoms. The van der Waals surface area contributed by atoms with Crippen LogP contribution in [0.15, 0.2) is 34.4 Å². The Hall–Kier alpha value is -2.08. The van der Waals surface area contributed by atoms with Gasteiger partial charge in [0.15, 0.2) is 0 Å². The molecule has 0 fully saturated rings. The maximum Gasteiger partial charge on any atom is 0.307 e. The summed E-state index contributed by atoms with van der Waals surface area (Å²) in [6.45, 7) is 6.43. The number of thiazole rings is 1. The Balaban J connectivity index is 2.01. The van der Waals surface area contributed by atoms with Gasteiger partial charge in [-0.1, -0.05) is 37.3 Å². The van der Waals surface area contributed by atoms with Gasteiger partial charge in [0.25, 0.3) is 0 Å². The molecule has 2 aromatic rings. The van der Waals surface area contributed by atoms with Crippen molar-refractivity contribution in [1.82, 2.24) is 9.88 Å². The van der Waals surface area contributed by atoms with Crippen molar-refractivity contribution in [3.05, 3.63) is 50.6 Å². The number of amides is 1. The third-order valence-electron chi connectivity index (χ3n) is 4.00. The lowest BCUT2D eigenvalue weighted by Gasteiger charge is -2.23. The molecule has 0 aliphatic heterocycles. The molecule has 0 saturated heterocycles. The molecule has 0 aliphatic rings. The SMILES string of the molecule is COc1ccc(C(NC(=O)CCn2c(C)csc2=O)C(C)C)cc1. The van der Waals surface area contributed by atoms with E-state index in [4.69, 9.17) is 4.74 Å². The number of nitrogens with one attached hydrogen (secondary N) is 1. The van der Waals surface area contributed by atoms with E-state index in [2.05, 4.69) is 19.2 Å². The number of ether oxygens (including phenoxy) is 1. The van der Waals surface area contributed by atoms with Gasteiger partial charge in [-0.3, -0.25) is 9.59 Å². The Morgan fingerprint density at radius 2 is 1.96 bits per heavy atom. The fourth-order valence-electron chi connectivity index (χ4n) is 2.58. The van der Waals surface area contributed by atoms with Crippen molar-refractivity contribution < 1.29 is 9.53 Å². The van der Waals surface area contributed by atoms with E-state index in [-0.39, 0.29) is 29.2 Å². The molecule has 5 nitrogen and oxygen atoms in total. The van der Waals surface area contributed by atoms with Crippen LogP contribution >= 0.6 is 11.3 Å². The predicted octanol–water partition coefficient (Wildman–Crippen LogP) is 3.13. The minimum atomic E-state index is -0.0660. The highest BCUT2D eigenvalue weighted by Crippen LogP contribution is 2.24. The van der Waals surface area contributed by atoms with Crippen LogP contribution in [-0.2, 0) is 11.3 Å². The second-order valence-corrected chi connectivity index (χ2v) is 6.93. The Labute approximate surface area is 146 Å². The molecule has 1 atom stereocenters. The van der Waals surface area contributed by atoms with Gasteiger partial charge >= 0.3 is 4.87 Å². The highest BCUT2D eigenvalue weighted by atomic mass is 32.1. The van der Waals surface area contributed by atoms with E-state index >= 15 is 0 Å². The van der Waals surface area contributed by atoms with Crippen LogP contribution in [-0.4, -0.2) is 17.6 Å². The molecule has 2 rings (SSSR count). The summed E-state index contributed by atoms with van der Waals surface area (Å²) in [5.41, 5.74) is 1.94. The predicted molar refractivity (Wildman–Crippen MR) is 96.6 cm³/mol. The molecule has 24 heavy (non-hydrogen) atoms. The summed E-state index contributed by atoms with van der Waals surface area (Å²) in [6.07, 6.45) is 0.289. The number of nitrogens with zero attached hydrogens (tertiary/aromatic N) is 1. The Morgan fingerprint density at radius 1 is 1.29 bits per heavy atom. The summed E-state index contributed by atoms with van der Waals surface area (Å²) in [6, 6.07) is 7.66. The van der Waals surface area contributed by atoms with Gasteiger partial charge in [0.2, 0.25) is 5.91 Å². The van der Waals surface area contributed by atoms with Crippen LogP contribution in [0.25, 0.3) is 0 Å². The van der Waals surface area contributed by atoms with Crippen LogP contribution in [0.5, 0.6) is 5.75 Å². The molecule has 0 saturated carbocycles. The number of hydrogen-bond acceptors (Lipinski definition) is 4. The first-order chi connectivity index (χ1) is 11.4. The van der Waals surface area contributed by atoms with E-state index in [1.54, 1.807) is 11.7 Å². The minimum absolute atomic E-state index is 0.0177. The number of methoxy groups -OCH3 is 1. The molecule has 1 amide bonds. The van der Waals surface area contributed by atoms with E-state index in [0.29, 0.717) is 6.54 Å². The molecule has 0 aliphatic carbocycles. The van der Waals surface area contributed by atoms with Crippen molar-refractivity contribution in [2.45, 2.75) is 39.8 Å². The van der Waals surface area contributed by atoms with Gasteiger partial charge in [0.05, 0.1) is 13.2 Å². The zero-order chi connectivity index (χ0) is 17.7. The van der Waals surface area contributed by atoms with Crippen LogP contribution in [0.3, 0.4) is 0 Å². The molecule has 0 bridgehead atoms. The van der Waals surface area contributed by atoms with E-state index in [9.17, 15) is 9.59 Å². The zero-order valence-corrected chi connectivity index (χ0v) is 15.4. The van der Waals surface area contributed by atoms with E-state index in [0.717, 1.165) is 17.0 Å². The summed E-state index contributed by atoms with van der Waals surface area (Å²) >= 11 is 1.17. The molecule has 0 spiro atoms. The first-order valence-electron chi connectivity index (χ1n) is 8.00. The van der Waals surface area contributed by atoms with Crippen molar-refractivity contribution in [3.8, 4) is 5.75 Å². The molecule has 1 unspecified atom stereocenters. The number of carbonyl (C=O) groups excluding carboxylic acids is 1. The number of aryl methyl sites for hydroxylation is 1. The van der Waals surface area contributed by atoms with Gasteiger partial charge in [-0.15, -0.1) is 0 Å². The van der Waals surface area contributed by atoms with Gasteiger partial charge in [-0.05, 0) is 30.5 Å². The fourth-order valence-corrected chi connectivity index (χ4v) is 3.34. The first kappa shape index (κ1) is 18.3. The summed E-state index contributed by atoms with van der Waals surface area (Å²) in [7, 11) is 1.63. The largest absolute Gasteiger partial charge is 0.497 e. The smallest absolute Gasteiger partial charge is 0.307 e. The minimum Gasteiger partial charge on any atom is -0.497 e. The summed E-state index contributed by atoms with van der Waals surface area (Å²) in [5.74, 6) is 0.995. The summed E-state index contributed by atoms with van der Waals surface area (Å²) in [5, 5.41) is 4.89. The number of hydrogen-bond donors (Lipinski definition) is 1. The molecule has 1 N–H and O–H groups in total. The average Bonchev–Trinajstić information content (AvgIpc) is 2.89. The van der Waals surface area contributed by atoms with Gasteiger partial charge in [0, 0.05) is 24.0 Å². The van der Waals surface area contributed by atoms with Crippen LogP contribution < -0.4 is 14.9 Å². The highest BCUT2D eigenvalue weighted by Gasteiger charge is 2.18. The lowest BCUT2D eigenvalue weighted by Crippen LogP contribution is -2.32. The lowest BCUT2D eigenvalue weighted by atomic mass is 9.96. The third kappa shape index (κ3) is 4.47. The standard InChI is InChI=1S/C18H24N2O3S/c1-12(2)17(14-5-7-15(23-4)8-6-14)19-16(21)9-10-20-13(3)11-24-18(20)22/h5-8,11-12,17H,9-10H2,1-4H3,(H,19,21). The topological polar surface area (TPSA) is 60.3 Å². The van der Waals surface area contributed by atoms with Gasteiger partial charge in [0.1, 0.15) is 5.75 Å². The number of rotatable bonds is 7. The Bertz CT molecular complexity index is 731. The van der Waals surface area contributed by atoms with Crippen molar-refractivity contribution in [1.29, 1.82) is 0 Å². The zero-order valence-electron chi connectivity index (χ0n) is 14.5. The monoisotopic (exact) mass is 348 g/mol. The normalized spacial score (nSPS) is 12.2. The molecule has 130 valence electrons. The van der Waals surface area contributed by atoms with Crippen molar-refractivity contribution in [3.63, 3.8) is 0 Å². The van der Waals surface area contributed by atoms with Crippen molar-refractivity contribution in [2.75, 3.05) is 7.11 Å². The maximum absolute atomic E-state index is 12.3. The maximum atomic E-state index is 12.3. The first-order valence-corrected chi connectivity index (χ1v) is 8.88. The molecule has 1 aromatic carbocycles. The van der Waals surface area contributed by atoms with E-state index in [1.807, 2.05) is 36.6 Å². The third-order valence-corrected chi connectivity index (χ3v) is 4.88. The Morgan fingerprint density at radius 3 is 2.46 bits per heavy atom. The molecule has 0 radical (unpaired) electrons. The molecular formula is C18H24N2O3S. The van der Waals surface area contributed by atoms with E-state index in [1.165, 1.54) is 11.3 Å². The summed E-state index contributed by atoms with van der Waals surface area (Å²) < 4.78 is 6.81. The highest BCUT2D eigenvalue weighted by molar-refractivity contribution is 7.07. The van der Waals surface area contributed by atoms with Crippen LogP contribution in [0.4, 0.5) is 0 Å². The van der Waals surface area contributed by atoms with Crippen LogP contribution in [0, 0.1) is 12.8 Å². The second kappa shape index (κ2) is 8.15. The number of carbonyl (C=O) groups is 1. The quantitative estimate of drug-likeness (QED) is 0.836. The average molecular weight is 348 g/mol. The lowest BCUT2D eigenvalue weighted by molar-refractivity contribution is -0.122. The second-order valence-electron chi connectivity index (χ2n) is 6.11. The Kier molecular flexibility index (Phi) is 6.20. The van der Waals surface area contributed by atoms with Gasteiger partial charge < -0.3 is 14.6 Å². The van der Waals surface area contributed by atoms with Crippen LogP contribution in [0.1, 0.15) is 37.6 Å². The van der Waals surface area contributed by atoms with E-state index < -0.39 is 0 Å². The van der Waals surface area contributed by atoms with Crippen molar-refractivity contribution in [2.24, 2.45) is 5.92 Å². The number of aromatic nitrogens is 1. The molecular weight excluding hydrogens is 324 g/mol. The molecule has 1 heterocycles. The van der Waals surface area contributed by atoms with Gasteiger partial charge in [-0.25, -0.2) is 0 Å². The van der Waals surface area contributed by atoms with Crippen LogP contribution in [0.2, 0.25) is 0 Å². The molecule has 1 aromatic heterocycles. The fraction of sp³-hybridized carbons (Fsp3) is 0.444. The summed E-state index contributed by atoms with van der Waals surface area (Å²) in [4.78, 5) is 24.0. The van der Waals surface area contributed by atoms with Gasteiger partial charge in [-0.2, -0.15) is 0 Å². The van der Waals surface area contributed by atoms with Crippen molar-refractivity contribution >= 4 is 17.2 Å². The number of benzene rings is 1.